The number of hydrogen-bond acceptors (Lipinski definition) is 7. The molecule has 1 N–H and O–H groups in total. The number of para-hydroxylation sites is 1. The number of aromatic nitrogens is 2. The van der Waals surface area contributed by atoms with Gasteiger partial charge in [-0.05, 0) is 31.7 Å². The molecule has 2 aromatic heterocycles. The van der Waals surface area contributed by atoms with Crippen LogP contribution in [0.4, 0.5) is 4.79 Å². The number of nitrogens with one attached hydrogen (secondary N) is 1. The van der Waals surface area contributed by atoms with Gasteiger partial charge in [0.2, 0.25) is 5.60 Å². The average molecular weight is 463 g/mol. The topological polar surface area (TPSA) is 103 Å². The van der Waals surface area contributed by atoms with Crippen molar-refractivity contribution in [1.29, 1.82) is 0 Å². The van der Waals surface area contributed by atoms with Gasteiger partial charge in [-0.25, -0.2) is 14.6 Å². The maximum atomic E-state index is 13.5. The molecule has 9 heteroatoms. The van der Waals surface area contributed by atoms with Crippen molar-refractivity contribution in [3.05, 3.63) is 63.4 Å². The number of carbonyl (C=O) groups excluding carboxylic acids is 2. The van der Waals surface area contributed by atoms with Crippen LogP contribution >= 0.6 is 0 Å². The van der Waals surface area contributed by atoms with E-state index in [2.05, 4.69) is 5.32 Å². The summed E-state index contributed by atoms with van der Waals surface area (Å²) in [6.45, 7) is 2.93. The van der Waals surface area contributed by atoms with Gasteiger partial charge in [-0.1, -0.05) is 25.1 Å². The number of likely N-dealkylation sites (N-methyl/N-ethyl adjacent to an activating group) is 2. The van der Waals surface area contributed by atoms with E-state index in [-0.39, 0.29) is 18.6 Å². The lowest BCUT2D eigenvalue weighted by atomic mass is 9.85. The molecule has 1 amide bonds. The molecule has 0 unspecified atom stereocenters. The van der Waals surface area contributed by atoms with Crippen molar-refractivity contribution in [2.24, 2.45) is 0 Å². The maximum absolute atomic E-state index is 13.5. The predicted molar refractivity (Wildman–Crippen MR) is 125 cm³/mol. The number of benzene rings is 1. The van der Waals surface area contributed by atoms with E-state index < -0.39 is 17.7 Å². The molecule has 34 heavy (non-hydrogen) atoms. The van der Waals surface area contributed by atoms with Crippen LogP contribution in [0.5, 0.6) is 0 Å². The van der Waals surface area contributed by atoms with Crippen LogP contribution in [0.15, 0.2) is 41.2 Å². The molecule has 4 heterocycles. The fourth-order valence-corrected chi connectivity index (χ4v) is 4.68. The smallest absolute Gasteiger partial charge is 0.411 e. The third-order valence-corrected chi connectivity index (χ3v) is 6.65. The molecule has 0 fully saturated rings. The summed E-state index contributed by atoms with van der Waals surface area (Å²) in [5.74, 6) is -0.674. The quantitative estimate of drug-likeness (QED) is 0.454. The predicted octanol–water partition coefficient (Wildman–Crippen LogP) is 2.38. The number of carbonyl (C=O) groups is 2. The summed E-state index contributed by atoms with van der Waals surface area (Å²) in [5, 5.41) is 3.96. The Kier molecular flexibility index (Phi) is 5.36. The molecular weight excluding hydrogens is 436 g/mol. The lowest BCUT2D eigenvalue weighted by Crippen LogP contribution is -2.49. The summed E-state index contributed by atoms with van der Waals surface area (Å²) in [7, 11) is 3.38. The van der Waals surface area contributed by atoms with Gasteiger partial charge in [-0.3, -0.25) is 4.79 Å². The molecule has 0 bridgehead atoms. The Balaban J connectivity index is 1.64. The van der Waals surface area contributed by atoms with Crippen molar-refractivity contribution in [2.75, 3.05) is 27.2 Å². The Hall–Kier alpha value is -3.72. The van der Waals surface area contributed by atoms with Gasteiger partial charge in [-0.15, -0.1) is 0 Å². The highest BCUT2D eigenvalue weighted by molar-refractivity contribution is 5.88. The van der Waals surface area contributed by atoms with Crippen molar-refractivity contribution in [1.82, 2.24) is 19.8 Å². The van der Waals surface area contributed by atoms with Crippen molar-refractivity contribution in [3.8, 4) is 11.4 Å². The van der Waals surface area contributed by atoms with Crippen LogP contribution in [0, 0.1) is 0 Å². The van der Waals surface area contributed by atoms with E-state index in [1.54, 1.807) is 31.7 Å². The lowest BCUT2D eigenvalue weighted by molar-refractivity contribution is -0.173. The van der Waals surface area contributed by atoms with Crippen molar-refractivity contribution < 1.29 is 19.1 Å². The summed E-state index contributed by atoms with van der Waals surface area (Å²) in [4.78, 5) is 45.6. The third kappa shape index (κ3) is 3.27. The minimum absolute atomic E-state index is 0.130. The zero-order chi connectivity index (χ0) is 24.0. The minimum Gasteiger partial charge on any atom is -0.457 e. The minimum atomic E-state index is -1.70. The molecule has 3 aromatic rings. The van der Waals surface area contributed by atoms with Gasteiger partial charge < -0.3 is 24.3 Å². The molecule has 176 valence electrons. The van der Waals surface area contributed by atoms with E-state index in [0.29, 0.717) is 42.1 Å². The van der Waals surface area contributed by atoms with E-state index in [4.69, 9.17) is 14.5 Å². The monoisotopic (exact) mass is 462 g/mol. The summed E-state index contributed by atoms with van der Waals surface area (Å²) >= 11 is 0. The number of fused-ring (bicyclic) bond motifs is 5. The second-order valence-electron chi connectivity index (χ2n) is 8.65. The first-order chi connectivity index (χ1) is 16.4. The second-order valence-corrected chi connectivity index (χ2v) is 8.65. The van der Waals surface area contributed by atoms with Crippen molar-refractivity contribution >= 4 is 23.0 Å². The molecule has 0 aliphatic carbocycles. The zero-order valence-electron chi connectivity index (χ0n) is 19.4. The van der Waals surface area contributed by atoms with Gasteiger partial charge in [0.05, 0.1) is 29.0 Å². The molecule has 0 spiro atoms. The highest BCUT2D eigenvalue weighted by atomic mass is 16.6. The Labute approximate surface area is 196 Å². The van der Waals surface area contributed by atoms with Crippen LogP contribution in [0.1, 0.15) is 30.0 Å². The SMILES string of the molecule is CC[C@@]1(OC(=O)N(C)CCNC)C(=O)OCc2c1cc1n(c2=O)Cc2cc3ccccc3nc2-1. The maximum Gasteiger partial charge on any atom is 0.411 e. The molecular formula is C25H26N4O5. The van der Waals surface area contributed by atoms with Crippen LogP contribution in [0.3, 0.4) is 0 Å². The summed E-state index contributed by atoms with van der Waals surface area (Å²) in [6.07, 6.45) is -0.530. The first kappa shape index (κ1) is 22.1. The van der Waals surface area contributed by atoms with E-state index in [1.165, 1.54) is 4.90 Å². The normalized spacial score (nSPS) is 18.1. The summed E-state index contributed by atoms with van der Waals surface area (Å²) in [6, 6.07) is 11.6. The lowest BCUT2D eigenvalue weighted by Gasteiger charge is -2.36. The Bertz CT molecular complexity index is 1380. The highest BCUT2D eigenvalue weighted by Gasteiger charge is 2.50. The van der Waals surface area contributed by atoms with Crippen LogP contribution in [-0.4, -0.2) is 53.7 Å². The van der Waals surface area contributed by atoms with Gasteiger partial charge in [-0.2, -0.15) is 0 Å². The number of hydrogen-bond donors (Lipinski definition) is 1. The Morgan fingerprint density at radius 1 is 1.29 bits per heavy atom. The standard InChI is InChI=1S/C25H26N4O5/c1-4-25(34-24(32)28(3)10-9-26-2)18-12-20-21-16(11-15-7-5-6-8-19(15)27-21)13-29(20)22(30)17(18)14-33-23(25)31/h5-8,11-12,26H,4,9-10,13-14H2,1-3H3/t25-/m0/s1. The van der Waals surface area contributed by atoms with Crippen molar-refractivity contribution in [3.63, 3.8) is 0 Å². The molecule has 0 saturated carbocycles. The highest BCUT2D eigenvalue weighted by Crippen LogP contribution is 2.41. The largest absolute Gasteiger partial charge is 0.457 e. The number of amides is 1. The number of pyridine rings is 2. The van der Waals surface area contributed by atoms with Crippen molar-refractivity contribution in [2.45, 2.75) is 32.1 Å². The molecule has 0 radical (unpaired) electrons. The molecule has 1 aromatic carbocycles. The molecule has 2 aliphatic heterocycles. The van der Waals surface area contributed by atoms with Crippen LogP contribution in [-0.2, 0) is 33.0 Å². The van der Waals surface area contributed by atoms with Crippen LogP contribution in [0.25, 0.3) is 22.3 Å². The summed E-state index contributed by atoms with van der Waals surface area (Å²) in [5.41, 5.74) is 1.78. The number of esters is 1. The van der Waals surface area contributed by atoms with Gasteiger partial charge in [0.25, 0.3) is 5.56 Å². The fourth-order valence-electron chi connectivity index (χ4n) is 4.68. The molecule has 1 atom stereocenters. The van der Waals surface area contributed by atoms with E-state index in [9.17, 15) is 14.4 Å². The van der Waals surface area contributed by atoms with Gasteiger partial charge in [0, 0.05) is 36.7 Å². The number of rotatable bonds is 5. The second kappa shape index (κ2) is 8.25. The molecule has 2 aliphatic rings. The van der Waals surface area contributed by atoms with Gasteiger partial charge in [0.1, 0.15) is 6.61 Å². The number of nitrogens with zero attached hydrogens (tertiary/aromatic N) is 3. The fraction of sp³-hybridized carbons (Fsp3) is 0.360. The van der Waals surface area contributed by atoms with E-state index >= 15 is 0 Å². The van der Waals surface area contributed by atoms with E-state index in [0.717, 1.165) is 16.5 Å². The van der Waals surface area contributed by atoms with E-state index in [1.807, 2.05) is 30.3 Å². The molecule has 9 nitrogen and oxygen atoms in total. The first-order valence-corrected chi connectivity index (χ1v) is 11.3. The molecule has 0 saturated heterocycles. The van der Waals surface area contributed by atoms with Crippen LogP contribution in [0.2, 0.25) is 0 Å². The average Bonchev–Trinajstić information content (AvgIpc) is 3.20. The third-order valence-electron chi connectivity index (χ3n) is 6.65. The zero-order valence-corrected chi connectivity index (χ0v) is 19.4. The summed E-state index contributed by atoms with van der Waals surface area (Å²) < 4.78 is 12.8. The van der Waals surface area contributed by atoms with Gasteiger partial charge >= 0.3 is 12.1 Å². The number of ether oxygens (including phenoxy) is 2. The molecule has 5 rings (SSSR count). The van der Waals surface area contributed by atoms with Gasteiger partial charge in [0.15, 0.2) is 0 Å². The first-order valence-electron chi connectivity index (χ1n) is 11.3. The number of cyclic esters (lactones) is 1. The Morgan fingerprint density at radius 2 is 2.09 bits per heavy atom. The Morgan fingerprint density at radius 3 is 2.85 bits per heavy atom. The van der Waals surface area contributed by atoms with Crippen LogP contribution < -0.4 is 10.9 Å².